The second kappa shape index (κ2) is 7.02. The van der Waals surface area contributed by atoms with E-state index < -0.39 is 12.8 Å². The Morgan fingerprint density at radius 2 is 2.00 bits per heavy atom. The molecule has 0 saturated heterocycles. The minimum Gasteiger partial charge on any atom is -0.468 e. The zero-order valence-electron chi connectivity index (χ0n) is 12.0. The van der Waals surface area contributed by atoms with Crippen molar-refractivity contribution in [3.63, 3.8) is 0 Å². The Morgan fingerprint density at radius 3 is 2.48 bits per heavy atom. The van der Waals surface area contributed by atoms with Crippen molar-refractivity contribution in [2.24, 2.45) is 0 Å². The van der Waals surface area contributed by atoms with Gasteiger partial charge in [-0.15, -0.1) is 11.8 Å². The summed E-state index contributed by atoms with van der Waals surface area (Å²) < 4.78 is 40.3. The van der Waals surface area contributed by atoms with E-state index in [0.717, 1.165) is 0 Å². The lowest BCUT2D eigenvalue weighted by Crippen LogP contribution is -2.20. The highest BCUT2D eigenvalue weighted by molar-refractivity contribution is 8.01. The van der Waals surface area contributed by atoms with Crippen molar-refractivity contribution in [1.82, 2.24) is 4.98 Å². The van der Waals surface area contributed by atoms with Crippen LogP contribution in [0.5, 0.6) is 5.88 Å². The highest BCUT2D eigenvalue weighted by atomic mass is 32.2. The van der Waals surface area contributed by atoms with Gasteiger partial charge in [-0.2, -0.15) is 13.2 Å². The molecule has 1 N–H and O–H groups in total. The fourth-order valence-electron chi connectivity index (χ4n) is 1.17. The second-order valence-corrected chi connectivity index (χ2v) is 7.04. The molecule has 0 saturated carbocycles. The average molecular weight is 322 g/mol. The third kappa shape index (κ3) is 8.44. The number of aromatic nitrogens is 1. The summed E-state index contributed by atoms with van der Waals surface area (Å²) in [4.78, 5) is 15.4. The number of carbonyl (C=O) groups is 1. The monoisotopic (exact) mass is 322 g/mol. The summed E-state index contributed by atoms with van der Waals surface area (Å²) in [5.74, 6) is -0.0504. The van der Waals surface area contributed by atoms with E-state index in [2.05, 4.69) is 15.0 Å². The number of hydrogen-bond donors (Lipinski definition) is 1. The number of amides is 1. The quantitative estimate of drug-likeness (QED) is 0.901. The Labute approximate surface area is 125 Å². The van der Waals surface area contributed by atoms with E-state index >= 15 is 0 Å². The molecule has 0 unspecified atom stereocenters. The van der Waals surface area contributed by atoms with Crippen molar-refractivity contribution in [2.75, 3.05) is 17.7 Å². The van der Waals surface area contributed by atoms with E-state index in [9.17, 15) is 18.0 Å². The van der Waals surface area contributed by atoms with Gasteiger partial charge in [0.25, 0.3) is 0 Å². The van der Waals surface area contributed by atoms with E-state index in [1.54, 1.807) is 0 Å². The molecular formula is C13H17F3N2O2S. The summed E-state index contributed by atoms with van der Waals surface area (Å²) in [6.07, 6.45) is -3.15. The van der Waals surface area contributed by atoms with Gasteiger partial charge in [0.2, 0.25) is 11.8 Å². The highest BCUT2D eigenvalue weighted by Crippen LogP contribution is 2.23. The van der Waals surface area contributed by atoms with Gasteiger partial charge in [-0.1, -0.05) is 20.8 Å². The average Bonchev–Trinajstić information content (AvgIpc) is 2.34. The van der Waals surface area contributed by atoms with Crippen LogP contribution in [-0.2, 0) is 4.79 Å². The van der Waals surface area contributed by atoms with Crippen molar-refractivity contribution in [1.29, 1.82) is 0 Å². The lowest BCUT2D eigenvalue weighted by atomic mass is 10.3. The molecule has 0 aliphatic carbocycles. The fraction of sp³-hybridized carbons (Fsp3) is 0.538. The molecule has 1 aromatic rings. The number of nitrogens with one attached hydrogen (secondary N) is 1. The molecule has 118 valence electrons. The molecule has 0 aliphatic rings. The number of carbonyl (C=O) groups excluding carboxylic acids is 1. The van der Waals surface area contributed by atoms with Crippen LogP contribution in [0.2, 0.25) is 0 Å². The predicted molar refractivity (Wildman–Crippen MR) is 76.6 cm³/mol. The first kappa shape index (κ1) is 17.6. The van der Waals surface area contributed by atoms with Crippen LogP contribution in [0.25, 0.3) is 0 Å². The van der Waals surface area contributed by atoms with Gasteiger partial charge in [0, 0.05) is 10.8 Å². The zero-order chi connectivity index (χ0) is 16.1. The Morgan fingerprint density at radius 1 is 1.33 bits per heavy atom. The summed E-state index contributed by atoms with van der Waals surface area (Å²) in [6, 6.07) is 2.72. The molecule has 1 amide bonds. The Kier molecular flexibility index (Phi) is 5.88. The van der Waals surface area contributed by atoms with Gasteiger partial charge < -0.3 is 10.1 Å². The maximum absolute atomic E-state index is 12.0. The molecule has 0 fully saturated rings. The molecule has 1 rings (SSSR count). The van der Waals surface area contributed by atoms with Gasteiger partial charge in [0.15, 0.2) is 6.61 Å². The van der Waals surface area contributed by atoms with Gasteiger partial charge in [-0.05, 0) is 6.07 Å². The number of halogens is 3. The maximum Gasteiger partial charge on any atom is 0.422 e. The number of ether oxygens (including phenoxy) is 1. The number of nitrogens with zero attached hydrogens (tertiary/aromatic N) is 1. The van der Waals surface area contributed by atoms with Crippen molar-refractivity contribution in [3.8, 4) is 5.88 Å². The Bertz CT molecular complexity index is 470. The molecule has 0 atom stereocenters. The van der Waals surface area contributed by atoms with Gasteiger partial charge >= 0.3 is 6.18 Å². The molecule has 1 aromatic heterocycles. The van der Waals surface area contributed by atoms with E-state index in [-0.39, 0.29) is 22.3 Å². The number of hydrogen-bond acceptors (Lipinski definition) is 4. The number of thioether (sulfide) groups is 1. The summed E-state index contributed by atoms with van der Waals surface area (Å²) in [5.41, 5.74) is 0.411. The van der Waals surface area contributed by atoms with Crippen LogP contribution in [0, 0.1) is 0 Å². The van der Waals surface area contributed by atoms with Crippen LogP contribution in [0.1, 0.15) is 20.8 Å². The van der Waals surface area contributed by atoms with E-state index in [0.29, 0.717) is 5.69 Å². The Hall–Kier alpha value is -1.44. The number of alkyl halides is 3. The smallest absolute Gasteiger partial charge is 0.422 e. The van der Waals surface area contributed by atoms with Gasteiger partial charge in [0.05, 0.1) is 17.6 Å². The lowest BCUT2D eigenvalue weighted by Gasteiger charge is -2.17. The number of rotatable bonds is 5. The first-order valence-corrected chi connectivity index (χ1v) is 7.13. The number of anilines is 1. The predicted octanol–water partition coefficient (Wildman–Crippen LogP) is 3.49. The Balaban J connectivity index is 2.45. The summed E-state index contributed by atoms with van der Waals surface area (Å²) in [7, 11) is 0. The van der Waals surface area contributed by atoms with Crippen LogP contribution in [0.4, 0.5) is 18.9 Å². The van der Waals surface area contributed by atoms with Crippen LogP contribution in [-0.4, -0.2) is 34.2 Å². The largest absolute Gasteiger partial charge is 0.468 e. The molecular weight excluding hydrogens is 305 g/mol. The molecule has 0 aromatic carbocycles. The molecule has 21 heavy (non-hydrogen) atoms. The first-order chi connectivity index (χ1) is 9.55. The zero-order valence-corrected chi connectivity index (χ0v) is 12.8. The molecule has 1 heterocycles. The normalized spacial score (nSPS) is 12.1. The van der Waals surface area contributed by atoms with Crippen LogP contribution in [0.3, 0.4) is 0 Å². The summed E-state index contributed by atoms with van der Waals surface area (Å²) in [5, 5.41) is 2.61. The van der Waals surface area contributed by atoms with Crippen LogP contribution < -0.4 is 10.1 Å². The van der Waals surface area contributed by atoms with E-state index in [4.69, 9.17) is 0 Å². The van der Waals surface area contributed by atoms with Gasteiger partial charge in [-0.25, -0.2) is 4.98 Å². The van der Waals surface area contributed by atoms with E-state index in [1.807, 2.05) is 20.8 Å². The third-order valence-corrected chi connectivity index (χ3v) is 3.31. The van der Waals surface area contributed by atoms with Crippen LogP contribution in [0.15, 0.2) is 18.3 Å². The fourth-order valence-corrected chi connectivity index (χ4v) is 1.81. The SMILES string of the molecule is CC(C)(C)SCC(=O)Nc1ccc(OCC(F)(F)F)nc1. The van der Waals surface area contributed by atoms with E-state index in [1.165, 1.54) is 30.1 Å². The lowest BCUT2D eigenvalue weighted by molar-refractivity contribution is -0.154. The minimum atomic E-state index is -4.40. The van der Waals surface area contributed by atoms with Crippen molar-refractivity contribution < 1.29 is 22.7 Å². The molecule has 8 heteroatoms. The molecule has 0 bridgehead atoms. The van der Waals surface area contributed by atoms with Crippen molar-refractivity contribution >= 4 is 23.4 Å². The van der Waals surface area contributed by atoms with Crippen LogP contribution >= 0.6 is 11.8 Å². The third-order valence-electron chi connectivity index (χ3n) is 2.04. The topological polar surface area (TPSA) is 51.2 Å². The molecule has 0 spiro atoms. The summed E-state index contributed by atoms with van der Waals surface area (Å²) >= 11 is 1.49. The molecule has 0 aliphatic heterocycles. The van der Waals surface area contributed by atoms with Gasteiger partial charge in [0.1, 0.15) is 0 Å². The molecule has 4 nitrogen and oxygen atoms in total. The standard InChI is InChI=1S/C13H17F3N2O2S/c1-12(2,3)21-7-10(19)18-9-4-5-11(17-6-9)20-8-13(14,15)16/h4-6H,7-8H2,1-3H3,(H,18,19). The van der Waals surface area contributed by atoms with Crippen molar-refractivity contribution in [3.05, 3.63) is 18.3 Å². The maximum atomic E-state index is 12.0. The summed E-state index contributed by atoms with van der Waals surface area (Å²) in [6.45, 7) is 4.60. The number of pyridine rings is 1. The second-order valence-electron chi connectivity index (χ2n) is 5.24. The highest BCUT2D eigenvalue weighted by Gasteiger charge is 2.28. The van der Waals surface area contributed by atoms with Crippen molar-refractivity contribution in [2.45, 2.75) is 31.7 Å². The van der Waals surface area contributed by atoms with Gasteiger partial charge in [-0.3, -0.25) is 4.79 Å². The molecule has 0 radical (unpaired) electrons. The first-order valence-electron chi connectivity index (χ1n) is 6.14. The minimum absolute atomic E-state index is 0.0229.